The Hall–Kier alpha value is -0.0600. The Morgan fingerprint density at radius 3 is 3.08 bits per heavy atom. The third kappa shape index (κ3) is 4.64. The van der Waals surface area contributed by atoms with E-state index in [1.54, 1.807) is 18.9 Å². The predicted octanol–water partition coefficient (Wildman–Crippen LogP) is 2.97. The fourth-order valence-electron chi connectivity index (χ4n) is 0.850. The minimum absolute atomic E-state index is 0.820. The van der Waals surface area contributed by atoms with E-state index < -0.39 is 0 Å². The van der Waals surface area contributed by atoms with Gasteiger partial charge in [-0.1, -0.05) is 6.07 Å². The van der Waals surface area contributed by atoms with Crippen molar-refractivity contribution in [3.05, 3.63) is 22.8 Å². The Bertz CT molecular complexity index is 257. The molecule has 0 bridgehead atoms. The number of pyridine rings is 1. The summed E-state index contributed by atoms with van der Waals surface area (Å²) in [6.07, 6.45) is 1.06. The van der Waals surface area contributed by atoms with Gasteiger partial charge in [-0.15, -0.1) is 11.8 Å². The lowest BCUT2D eigenvalue weighted by Crippen LogP contribution is -1.90. The predicted molar refractivity (Wildman–Crippen MR) is 59.2 cm³/mol. The molecule has 0 saturated heterocycles. The molecule has 0 radical (unpaired) electrons. The van der Waals surface area contributed by atoms with E-state index in [9.17, 15) is 0 Å². The molecule has 0 aromatic carbocycles. The summed E-state index contributed by atoms with van der Waals surface area (Å²) in [4.78, 5) is 4.31. The van der Waals surface area contributed by atoms with Crippen molar-refractivity contribution >= 4 is 27.7 Å². The van der Waals surface area contributed by atoms with Gasteiger partial charge in [-0.2, -0.15) is 0 Å². The minimum atomic E-state index is 0.820. The molecule has 0 N–H and O–H groups in total. The lowest BCUT2D eigenvalue weighted by molar-refractivity contribution is 0.200. The summed E-state index contributed by atoms with van der Waals surface area (Å²) in [7, 11) is 1.72. The zero-order valence-corrected chi connectivity index (χ0v) is 9.90. The number of halogens is 1. The SMILES string of the molecule is COCCCSc1cccc(Br)n1. The van der Waals surface area contributed by atoms with E-state index in [4.69, 9.17) is 4.74 Å². The molecular weight excluding hydrogens is 250 g/mol. The summed E-state index contributed by atoms with van der Waals surface area (Å²) in [6, 6.07) is 5.94. The van der Waals surface area contributed by atoms with Gasteiger partial charge in [0.25, 0.3) is 0 Å². The van der Waals surface area contributed by atoms with E-state index in [1.807, 2.05) is 18.2 Å². The van der Waals surface area contributed by atoms with Crippen LogP contribution in [0.3, 0.4) is 0 Å². The third-order valence-electron chi connectivity index (χ3n) is 1.43. The van der Waals surface area contributed by atoms with Crippen molar-refractivity contribution in [1.82, 2.24) is 4.98 Å². The number of methoxy groups -OCH3 is 1. The molecule has 0 saturated carbocycles. The zero-order chi connectivity index (χ0) is 9.52. The van der Waals surface area contributed by atoms with Crippen LogP contribution >= 0.6 is 27.7 Å². The Morgan fingerprint density at radius 2 is 2.38 bits per heavy atom. The maximum Gasteiger partial charge on any atom is 0.107 e. The van der Waals surface area contributed by atoms with E-state index >= 15 is 0 Å². The molecule has 0 aliphatic rings. The van der Waals surface area contributed by atoms with Crippen molar-refractivity contribution in [1.29, 1.82) is 0 Å². The average molecular weight is 262 g/mol. The molecule has 1 rings (SSSR count). The van der Waals surface area contributed by atoms with Gasteiger partial charge in [-0.25, -0.2) is 4.98 Å². The number of thioether (sulfide) groups is 1. The third-order valence-corrected chi connectivity index (χ3v) is 2.89. The highest BCUT2D eigenvalue weighted by atomic mass is 79.9. The van der Waals surface area contributed by atoms with Gasteiger partial charge in [0.15, 0.2) is 0 Å². The monoisotopic (exact) mass is 261 g/mol. The van der Waals surface area contributed by atoms with Gasteiger partial charge in [0, 0.05) is 19.5 Å². The summed E-state index contributed by atoms with van der Waals surface area (Å²) in [5.41, 5.74) is 0. The first-order valence-electron chi connectivity index (χ1n) is 4.07. The summed E-state index contributed by atoms with van der Waals surface area (Å²) < 4.78 is 5.85. The molecule has 1 aromatic rings. The van der Waals surface area contributed by atoms with Crippen molar-refractivity contribution in [3.63, 3.8) is 0 Å². The lowest BCUT2D eigenvalue weighted by Gasteiger charge is -2.00. The second-order valence-corrected chi connectivity index (χ2v) is 4.42. The zero-order valence-electron chi connectivity index (χ0n) is 7.50. The molecule has 0 fully saturated rings. The molecule has 0 amide bonds. The largest absolute Gasteiger partial charge is 0.385 e. The molecule has 0 unspecified atom stereocenters. The van der Waals surface area contributed by atoms with Crippen molar-refractivity contribution in [2.75, 3.05) is 19.5 Å². The number of rotatable bonds is 5. The maximum atomic E-state index is 4.96. The van der Waals surface area contributed by atoms with E-state index in [-0.39, 0.29) is 0 Å². The molecule has 2 nitrogen and oxygen atoms in total. The Labute approximate surface area is 91.2 Å². The van der Waals surface area contributed by atoms with Gasteiger partial charge in [0.05, 0.1) is 5.03 Å². The maximum absolute atomic E-state index is 4.96. The molecule has 1 heterocycles. The molecular formula is C9H12BrNOS. The topological polar surface area (TPSA) is 22.1 Å². The molecule has 72 valence electrons. The molecule has 4 heteroatoms. The first kappa shape index (κ1) is 11.0. The summed E-state index contributed by atoms with van der Waals surface area (Å²) in [6.45, 7) is 0.820. The van der Waals surface area contributed by atoms with E-state index in [0.717, 1.165) is 28.4 Å². The molecule has 13 heavy (non-hydrogen) atoms. The van der Waals surface area contributed by atoms with Gasteiger partial charge in [0.1, 0.15) is 4.60 Å². The van der Waals surface area contributed by atoms with Crippen LogP contribution in [0.5, 0.6) is 0 Å². The van der Waals surface area contributed by atoms with Crippen LogP contribution in [0.2, 0.25) is 0 Å². The van der Waals surface area contributed by atoms with Crippen LogP contribution < -0.4 is 0 Å². The molecule has 0 atom stereocenters. The van der Waals surface area contributed by atoms with Crippen molar-refractivity contribution < 1.29 is 4.74 Å². The molecule has 0 spiro atoms. The average Bonchev–Trinajstić information content (AvgIpc) is 2.13. The quantitative estimate of drug-likeness (QED) is 0.462. The molecule has 1 aromatic heterocycles. The van der Waals surface area contributed by atoms with Crippen molar-refractivity contribution in [2.45, 2.75) is 11.4 Å². The molecule has 0 aliphatic carbocycles. The van der Waals surface area contributed by atoms with Crippen molar-refractivity contribution in [2.24, 2.45) is 0 Å². The number of nitrogens with zero attached hydrogens (tertiary/aromatic N) is 1. The fourth-order valence-corrected chi connectivity index (χ4v) is 2.12. The second-order valence-electron chi connectivity index (χ2n) is 2.49. The van der Waals surface area contributed by atoms with Crippen LogP contribution in [0.4, 0.5) is 0 Å². The summed E-state index contributed by atoms with van der Waals surface area (Å²) >= 11 is 5.09. The van der Waals surface area contributed by atoms with Gasteiger partial charge >= 0.3 is 0 Å². The van der Waals surface area contributed by atoms with E-state index in [0.29, 0.717) is 0 Å². The highest BCUT2D eigenvalue weighted by molar-refractivity contribution is 9.10. The Morgan fingerprint density at radius 1 is 1.54 bits per heavy atom. The van der Waals surface area contributed by atoms with Crippen LogP contribution in [0.15, 0.2) is 27.8 Å². The van der Waals surface area contributed by atoms with E-state index in [1.165, 1.54) is 0 Å². The number of hydrogen-bond acceptors (Lipinski definition) is 3. The first-order valence-corrected chi connectivity index (χ1v) is 5.85. The second kappa shape index (κ2) is 6.40. The van der Waals surface area contributed by atoms with Crippen LogP contribution in [0, 0.1) is 0 Å². The fraction of sp³-hybridized carbons (Fsp3) is 0.444. The Balaban J connectivity index is 2.28. The number of ether oxygens (including phenoxy) is 1. The van der Waals surface area contributed by atoms with Gasteiger partial charge in [-0.05, 0) is 34.5 Å². The van der Waals surface area contributed by atoms with E-state index in [2.05, 4.69) is 20.9 Å². The normalized spacial score (nSPS) is 10.3. The Kier molecular flexibility index (Phi) is 5.43. The summed E-state index contributed by atoms with van der Waals surface area (Å²) in [5.74, 6) is 1.05. The standard InChI is InChI=1S/C9H12BrNOS/c1-12-6-3-7-13-9-5-2-4-8(10)11-9/h2,4-5H,3,6-7H2,1H3. The summed E-state index contributed by atoms with van der Waals surface area (Å²) in [5, 5.41) is 1.06. The van der Waals surface area contributed by atoms with Crippen LogP contribution in [-0.4, -0.2) is 24.5 Å². The number of aromatic nitrogens is 1. The highest BCUT2D eigenvalue weighted by Gasteiger charge is 1.95. The highest BCUT2D eigenvalue weighted by Crippen LogP contribution is 2.18. The minimum Gasteiger partial charge on any atom is -0.385 e. The van der Waals surface area contributed by atoms with Crippen LogP contribution in [0.25, 0.3) is 0 Å². The first-order chi connectivity index (χ1) is 6.33. The van der Waals surface area contributed by atoms with Crippen LogP contribution in [-0.2, 0) is 4.74 Å². The lowest BCUT2D eigenvalue weighted by atomic mass is 10.5. The van der Waals surface area contributed by atoms with Gasteiger partial charge in [-0.3, -0.25) is 0 Å². The smallest absolute Gasteiger partial charge is 0.107 e. The van der Waals surface area contributed by atoms with Gasteiger partial charge < -0.3 is 4.74 Å². The van der Waals surface area contributed by atoms with Crippen LogP contribution in [0.1, 0.15) is 6.42 Å². The van der Waals surface area contributed by atoms with Crippen molar-refractivity contribution in [3.8, 4) is 0 Å². The van der Waals surface area contributed by atoms with Gasteiger partial charge in [0.2, 0.25) is 0 Å². The number of hydrogen-bond donors (Lipinski definition) is 0. The molecule has 0 aliphatic heterocycles.